The number of nitrogens with zero attached hydrogens (tertiary/aromatic N) is 4. The smallest absolute Gasteiger partial charge is 0.315 e. The van der Waals surface area contributed by atoms with Gasteiger partial charge in [-0.1, -0.05) is 12.1 Å². The molecule has 4 heterocycles. The van der Waals surface area contributed by atoms with Gasteiger partial charge in [-0.15, -0.1) is 0 Å². The zero-order valence-electron chi connectivity index (χ0n) is 17.6. The lowest BCUT2D eigenvalue weighted by molar-refractivity contribution is -0.131. The Morgan fingerprint density at radius 1 is 1.09 bits per heavy atom. The van der Waals surface area contributed by atoms with E-state index in [1.165, 1.54) is 6.07 Å². The van der Waals surface area contributed by atoms with Crippen molar-refractivity contribution in [1.29, 1.82) is 0 Å². The second-order valence-corrected chi connectivity index (χ2v) is 7.53. The number of hydrogen-bond acceptors (Lipinski definition) is 7. The van der Waals surface area contributed by atoms with Gasteiger partial charge in [-0.05, 0) is 29.8 Å². The van der Waals surface area contributed by atoms with Crippen LogP contribution in [-0.4, -0.2) is 37.4 Å². The van der Waals surface area contributed by atoms with Crippen molar-refractivity contribution in [1.82, 2.24) is 30.2 Å². The van der Waals surface area contributed by atoms with Crippen molar-refractivity contribution in [2.45, 2.75) is 19.5 Å². The van der Waals surface area contributed by atoms with E-state index in [2.05, 4.69) is 25.7 Å². The summed E-state index contributed by atoms with van der Waals surface area (Å²) in [5, 5.41) is 9.24. The Kier molecular flexibility index (Phi) is 5.42. The van der Waals surface area contributed by atoms with Gasteiger partial charge in [0.05, 0.1) is 24.9 Å². The van der Waals surface area contributed by atoms with Gasteiger partial charge in [0.25, 0.3) is 11.8 Å². The summed E-state index contributed by atoms with van der Waals surface area (Å²) in [5.74, 6) is -1.76. The van der Waals surface area contributed by atoms with Crippen LogP contribution >= 0.6 is 0 Å². The second kappa shape index (κ2) is 8.70. The predicted molar refractivity (Wildman–Crippen MR) is 115 cm³/mol. The molecule has 2 amide bonds. The fourth-order valence-corrected chi connectivity index (χ4v) is 3.55. The van der Waals surface area contributed by atoms with Crippen LogP contribution in [-0.2, 0) is 24.3 Å². The van der Waals surface area contributed by atoms with Crippen LogP contribution in [0.5, 0.6) is 5.75 Å². The van der Waals surface area contributed by atoms with Crippen LogP contribution in [0.2, 0.25) is 0 Å². The maximum Gasteiger partial charge on any atom is 0.315 e. The number of hydrogen-bond donors (Lipinski definition) is 2. The molecule has 3 aromatic heterocycles. The van der Waals surface area contributed by atoms with Gasteiger partial charge in [0.2, 0.25) is 0 Å². The molecule has 10 nitrogen and oxygen atoms in total. The molecule has 5 rings (SSSR count). The summed E-state index contributed by atoms with van der Waals surface area (Å²) in [7, 11) is 0. The van der Waals surface area contributed by atoms with Gasteiger partial charge in [-0.25, -0.2) is 13.9 Å². The van der Waals surface area contributed by atoms with Crippen molar-refractivity contribution in [3.8, 4) is 5.75 Å². The fraction of sp³-hybridized carbons (Fsp3) is 0.130. The molecule has 1 aromatic carbocycles. The number of benzene rings is 1. The summed E-state index contributed by atoms with van der Waals surface area (Å²) in [5.41, 5.74) is 1.67. The van der Waals surface area contributed by atoms with Crippen LogP contribution in [0, 0.1) is 5.82 Å². The number of nitrogens with one attached hydrogen (secondary N) is 2. The van der Waals surface area contributed by atoms with Crippen LogP contribution < -0.4 is 15.4 Å². The quantitative estimate of drug-likeness (QED) is 0.330. The average Bonchev–Trinajstić information content (AvgIpc) is 3.42. The zero-order chi connectivity index (χ0) is 23.7. The predicted octanol–water partition coefficient (Wildman–Crippen LogP) is 1.58. The molecule has 0 aliphatic carbocycles. The third kappa shape index (κ3) is 4.18. The minimum atomic E-state index is -0.767. The number of ether oxygens (including phenoxy) is 1. The molecule has 4 aromatic rings. The number of esters is 1. The van der Waals surface area contributed by atoms with Crippen molar-refractivity contribution in [2.75, 3.05) is 0 Å². The molecule has 34 heavy (non-hydrogen) atoms. The van der Waals surface area contributed by atoms with E-state index < -0.39 is 17.6 Å². The van der Waals surface area contributed by atoms with Crippen LogP contribution in [0.1, 0.15) is 37.8 Å². The Morgan fingerprint density at radius 3 is 2.76 bits per heavy atom. The summed E-state index contributed by atoms with van der Waals surface area (Å²) in [4.78, 5) is 45.2. The maximum atomic E-state index is 14.2. The van der Waals surface area contributed by atoms with E-state index in [0.717, 1.165) is 21.8 Å². The first-order valence-electron chi connectivity index (χ1n) is 10.3. The third-order valence-corrected chi connectivity index (χ3v) is 5.19. The van der Waals surface area contributed by atoms with E-state index in [9.17, 15) is 18.8 Å². The summed E-state index contributed by atoms with van der Waals surface area (Å²) in [6.07, 6.45) is 2.70. The first kappa shape index (κ1) is 21.2. The molecule has 0 saturated heterocycles. The largest absolute Gasteiger partial charge is 0.426 e. The summed E-state index contributed by atoms with van der Waals surface area (Å²) in [6.45, 7) is 0.273. The number of amides is 2. The molecular formula is C23H17FN6O4. The molecule has 1 aliphatic heterocycles. The summed E-state index contributed by atoms with van der Waals surface area (Å²) < 4.78 is 20.3. The normalized spacial score (nSPS) is 12.3. The molecule has 0 spiro atoms. The SMILES string of the molecule is O=C1Cc2cc(CNC(=O)c3cc(C(=O)NCc4ccccn4)n4ncc(F)c4n3)ccc2O1. The molecule has 170 valence electrons. The van der Waals surface area contributed by atoms with E-state index in [-0.39, 0.29) is 42.5 Å². The molecule has 0 fully saturated rings. The highest BCUT2D eigenvalue weighted by Gasteiger charge is 2.22. The molecule has 0 bridgehead atoms. The monoisotopic (exact) mass is 460 g/mol. The van der Waals surface area contributed by atoms with Gasteiger partial charge in [-0.3, -0.25) is 19.4 Å². The Bertz CT molecular complexity index is 1440. The van der Waals surface area contributed by atoms with Crippen molar-refractivity contribution < 1.29 is 23.5 Å². The number of aromatic nitrogens is 4. The number of rotatable bonds is 6. The Morgan fingerprint density at radius 2 is 1.94 bits per heavy atom. The van der Waals surface area contributed by atoms with E-state index in [0.29, 0.717) is 11.4 Å². The highest BCUT2D eigenvalue weighted by Crippen LogP contribution is 2.26. The van der Waals surface area contributed by atoms with E-state index in [1.807, 2.05) is 0 Å². The summed E-state index contributed by atoms with van der Waals surface area (Å²) >= 11 is 0. The molecule has 0 radical (unpaired) electrons. The topological polar surface area (TPSA) is 128 Å². The van der Waals surface area contributed by atoms with Gasteiger partial charge < -0.3 is 15.4 Å². The third-order valence-electron chi connectivity index (χ3n) is 5.19. The van der Waals surface area contributed by atoms with Crippen molar-refractivity contribution in [2.24, 2.45) is 0 Å². The molecular weight excluding hydrogens is 443 g/mol. The van der Waals surface area contributed by atoms with E-state index >= 15 is 0 Å². The van der Waals surface area contributed by atoms with Crippen LogP contribution in [0.25, 0.3) is 5.65 Å². The Labute approximate surface area is 191 Å². The van der Waals surface area contributed by atoms with Gasteiger partial charge in [0.1, 0.15) is 17.1 Å². The first-order chi connectivity index (χ1) is 16.5. The van der Waals surface area contributed by atoms with Crippen molar-refractivity contribution in [3.05, 3.63) is 88.9 Å². The Balaban J connectivity index is 1.35. The number of fused-ring (bicyclic) bond motifs is 2. The van der Waals surface area contributed by atoms with Gasteiger partial charge in [-0.2, -0.15) is 5.10 Å². The zero-order valence-corrected chi connectivity index (χ0v) is 17.6. The Hall–Kier alpha value is -4.67. The van der Waals surface area contributed by atoms with Gasteiger partial charge in [0.15, 0.2) is 11.5 Å². The highest BCUT2D eigenvalue weighted by atomic mass is 19.1. The molecule has 0 saturated carbocycles. The summed E-state index contributed by atoms with van der Waals surface area (Å²) in [6, 6.07) is 11.7. The number of carbonyl (C=O) groups excluding carboxylic acids is 3. The molecule has 1 aliphatic rings. The average molecular weight is 460 g/mol. The van der Waals surface area contributed by atoms with E-state index in [1.54, 1.807) is 42.6 Å². The van der Waals surface area contributed by atoms with Crippen LogP contribution in [0.4, 0.5) is 4.39 Å². The minimum Gasteiger partial charge on any atom is -0.426 e. The van der Waals surface area contributed by atoms with Gasteiger partial charge in [0, 0.05) is 24.4 Å². The second-order valence-electron chi connectivity index (χ2n) is 7.53. The number of pyridine rings is 1. The minimum absolute atomic E-state index is 0.0526. The van der Waals surface area contributed by atoms with Crippen LogP contribution in [0.3, 0.4) is 0 Å². The van der Waals surface area contributed by atoms with Crippen molar-refractivity contribution in [3.63, 3.8) is 0 Å². The highest BCUT2D eigenvalue weighted by molar-refractivity contribution is 5.98. The standard InChI is InChI=1S/C23H17FN6O4/c24-16-12-28-30-18(23(33)27-11-15-3-1-2-6-25-15)9-17(29-21(16)30)22(32)26-10-13-4-5-19-14(7-13)8-20(31)34-19/h1-7,9,12H,8,10-11H2,(H,26,32)(H,27,33). The maximum absolute atomic E-state index is 14.2. The molecule has 0 atom stereocenters. The lowest BCUT2D eigenvalue weighted by Crippen LogP contribution is -2.28. The first-order valence-corrected chi connectivity index (χ1v) is 10.3. The van der Waals surface area contributed by atoms with Crippen molar-refractivity contribution >= 4 is 23.4 Å². The molecule has 2 N–H and O–H groups in total. The van der Waals surface area contributed by atoms with Gasteiger partial charge >= 0.3 is 5.97 Å². The lowest BCUT2D eigenvalue weighted by Gasteiger charge is -2.10. The lowest BCUT2D eigenvalue weighted by atomic mass is 10.1. The molecule has 0 unspecified atom stereocenters. The number of carbonyl (C=O) groups is 3. The van der Waals surface area contributed by atoms with E-state index in [4.69, 9.17) is 4.74 Å². The number of halogens is 1. The van der Waals surface area contributed by atoms with Crippen LogP contribution in [0.15, 0.2) is 54.9 Å². The molecule has 11 heteroatoms. The fourth-order valence-electron chi connectivity index (χ4n) is 3.55.